The quantitative estimate of drug-likeness (QED) is 0.932. The minimum atomic E-state index is 0.224. The van der Waals surface area contributed by atoms with E-state index < -0.39 is 0 Å². The van der Waals surface area contributed by atoms with E-state index in [2.05, 4.69) is 50.5 Å². The predicted octanol–water partition coefficient (Wildman–Crippen LogP) is 1.89. The molecule has 110 valence electrons. The second-order valence-corrected chi connectivity index (χ2v) is 6.05. The number of piperidine rings is 1. The fourth-order valence-corrected chi connectivity index (χ4v) is 3.46. The SMILES string of the molecule is N#Cc1nccc(NC2[C@H]3CN(Cc4ccccc4)C[C@@H]23)n1. The van der Waals surface area contributed by atoms with Gasteiger partial charge in [0.1, 0.15) is 11.9 Å². The summed E-state index contributed by atoms with van der Waals surface area (Å²) in [4.78, 5) is 10.6. The van der Waals surface area contributed by atoms with Crippen molar-refractivity contribution in [1.29, 1.82) is 5.26 Å². The molecule has 1 unspecified atom stereocenters. The van der Waals surface area contributed by atoms with Crippen LogP contribution in [0.1, 0.15) is 11.4 Å². The van der Waals surface area contributed by atoms with E-state index in [9.17, 15) is 0 Å². The molecule has 22 heavy (non-hydrogen) atoms. The van der Waals surface area contributed by atoms with Gasteiger partial charge < -0.3 is 5.32 Å². The fourth-order valence-electron chi connectivity index (χ4n) is 3.46. The first-order valence-corrected chi connectivity index (χ1v) is 7.59. The van der Waals surface area contributed by atoms with Crippen molar-refractivity contribution >= 4 is 5.82 Å². The normalized spacial score (nSPS) is 26.2. The highest BCUT2D eigenvalue weighted by Crippen LogP contribution is 2.47. The van der Waals surface area contributed by atoms with E-state index in [1.165, 1.54) is 5.56 Å². The van der Waals surface area contributed by atoms with Gasteiger partial charge >= 0.3 is 0 Å². The lowest BCUT2D eigenvalue weighted by molar-refractivity contribution is 0.292. The molecule has 1 aliphatic heterocycles. The molecule has 1 aromatic carbocycles. The van der Waals surface area contributed by atoms with Crippen LogP contribution in [0, 0.1) is 23.2 Å². The predicted molar refractivity (Wildman–Crippen MR) is 82.9 cm³/mol. The van der Waals surface area contributed by atoms with Crippen LogP contribution in [0.15, 0.2) is 42.6 Å². The molecule has 4 rings (SSSR count). The van der Waals surface area contributed by atoms with Crippen LogP contribution in [0.2, 0.25) is 0 Å². The number of rotatable bonds is 4. The molecule has 5 nitrogen and oxygen atoms in total. The molecule has 2 fully saturated rings. The monoisotopic (exact) mass is 291 g/mol. The third-order valence-electron chi connectivity index (χ3n) is 4.59. The number of nitrogens with zero attached hydrogens (tertiary/aromatic N) is 4. The lowest BCUT2D eigenvalue weighted by Crippen LogP contribution is -2.27. The Balaban J connectivity index is 1.32. The minimum Gasteiger partial charge on any atom is -0.367 e. The van der Waals surface area contributed by atoms with Crippen molar-refractivity contribution in [3.05, 3.63) is 54.0 Å². The Kier molecular flexibility index (Phi) is 3.24. The lowest BCUT2D eigenvalue weighted by atomic mass is 10.2. The molecule has 1 saturated carbocycles. The van der Waals surface area contributed by atoms with Crippen molar-refractivity contribution in [2.75, 3.05) is 18.4 Å². The summed E-state index contributed by atoms with van der Waals surface area (Å²) >= 11 is 0. The minimum absolute atomic E-state index is 0.224. The Morgan fingerprint density at radius 1 is 1.18 bits per heavy atom. The maximum atomic E-state index is 8.84. The topological polar surface area (TPSA) is 64.8 Å². The molecule has 0 amide bonds. The maximum absolute atomic E-state index is 8.84. The zero-order chi connectivity index (χ0) is 14.9. The van der Waals surface area contributed by atoms with Crippen LogP contribution < -0.4 is 5.32 Å². The van der Waals surface area contributed by atoms with Gasteiger partial charge in [-0.3, -0.25) is 4.90 Å². The molecule has 0 bridgehead atoms. The van der Waals surface area contributed by atoms with Gasteiger partial charge in [0, 0.05) is 31.9 Å². The molecule has 2 aliphatic rings. The molecule has 0 radical (unpaired) electrons. The average Bonchev–Trinajstić information content (AvgIpc) is 3.00. The summed E-state index contributed by atoms with van der Waals surface area (Å²) in [5.41, 5.74) is 1.38. The number of nitriles is 1. The van der Waals surface area contributed by atoms with Crippen molar-refractivity contribution < 1.29 is 0 Å². The molecule has 5 heteroatoms. The first-order chi connectivity index (χ1) is 10.8. The van der Waals surface area contributed by atoms with Gasteiger partial charge in [0.15, 0.2) is 0 Å². The second kappa shape index (κ2) is 5.39. The summed E-state index contributed by atoms with van der Waals surface area (Å²) in [7, 11) is 0. The van der Waals surface area contributed by atoms with Crippen LogP contribution in [0.5, 0.6) is 0 Å². The second-order valence-electron chi connectivity index (χ2n) is 6.05. The smallest absolute Gasteiger partial charge is 0.234 e. The summed E-state index contributed by atoms with van der Waals surface area (Å²) in [5.74, 6) is 2.38. The number of hydrogen-bond acceptors (Lipinski definition) is 5. The number of likely N-dealkylation sites (tertiary alicyclic amines) is 1. The molecule has 1 saturated heterocycles. The molecular weight excluding hydrogens is 274 g/mol. The molecule has 3 atom stereocenters. The van der Waals surface area contributed by atoms with Crippen molar-refractivity contribution in [3.8, 4) is 6.07 Å². The van der Waals surface area contributed by atoms with Crippen molar-refractivity contribution in [1.82, 2.24) is 14.9 Å². The molecule has 0 spiro atoms. The molecule has 2 aromatic rings. The van der Waals surface area contributed by atoms with E-state index >= 15 is 0 Å². The summed E-state index contributed by atoms with van der Waals surface area (Å²) in [6.07, 6.45) is 1.63. The molecule has 1 N–H and O–H groups in total. The summed E-state index contributed by atoms with van der Waals surface area (Å²) in [6, 6.07) is 14.9. The van der Waals surface area contributed by atoms with Crippen LogP contribution in [-0.2, 0) is 6.54 Å². The number of benzene rings is 1. The Bertz CT molecular complexity index is 696. The van der Waals surface area contributed by atoms with Gasteiger partial charge in [0.05, 0.1) is 0 Å². The van der Waals surface area contributed by atoms with Crippen LogP contribution in [0.25, 0.3) is 0 Å². The van der Waals surface area contributed by atoms with E-state index in [0.717, 1.165) is 25.5 Å². The summed E-state index contributed by atoms with van der Waals surface area (Å²) in [6.45, 7) is 3.30. The first kappa shape index (κ1) is 13.2. The Morgan fingerprint density at radius 3 is 2.68 bits per heavy atom. The van der Waals surface area contributed by atoms with E-state index in [1.54, 1.807) is 6.20 Å². The van der Waals surface area contributed by atoms with E-state index in [0.29, 0.717) is 17.9 Å². The Morgan fingerprint density at radius 2 is 1.95 bits per heavy atom. The standard InChI is InChI=1S/C17H17N5/c18-8-16-19-7-6-15(20-16)21-17-13-10-22(11-14(13)17)9-12-4-2-1-3-5-12/h1-7,13-14,17H,9-11H2,(H,19,20,21)/t13-,14+,17?. The summed E-state index contributed by atoms with van der Waals surface area (Å²) < 4.78 is 0. The number of fused-ring (bicyclic) bond motifs is 1. The average molecular weight is 291 g/mol. The zero-order valence-corrected chi connectivity index (χ0v) is 12.2. The highest BCUT2D eigenvalue weighted by Gasteiger charge is 2.55. The number of nitrogens with one attached hydrogen (secondary N) is 1. The highest BCUT2D eigenvalue weighted by atomic mass is 15.2. The van der Waals surface area contributed by atoms with Gasteiger partial charge in [-0.25, -0.2) is 9.97 Å². The van der Waals surface area contributed by atoms with Gasteiger partial charge in [-0.05, 0) is 23.5 Å². The highest BCUT2D eigenvalue weighted by molar-refractivity contribution is 5.40. The first-order valence-electron chi connectivity index (χ1n) is 7.59. The van der Waals surface area contributed by atoms with Gasteiger partial charge in [-0.2, -0.15) is 5.26 Å². The summed E-state index contributed by atoms with van der Waals surface area (Å²) in [5, 5.41) is 12.3. The fraction of sp³-hybridized carbons (Fsp3) is 0.353. The molecule has 1 aliphatic carbocycles. The molecular formula is C17H17N5. The van der Waals surface area contributed by atoms with Gasteiger partial charge in [-0.1, -0.05) is 30.3 Å². The van der Waals surface area contributed by atoms with Crippen LogP contribution >= 0.6 is 0 Å². The molecule has 1 aromatic heterocycles. The third kappa shape index (κ3) is 2.53. The van der Waals surface area contributed by atoms with Gasteiger partial charge in [0.25, 0.3) is 0 Å². The Hall–Kier alpha value is -2.45. The third-order valence-corrected chi connectivity index (χ3v) is 4.59. The lowest BCUT2D eigenvalue weighted by Gasteiger charge is -2.20. The van der Waals surface area contributed by atoms with Crippen molar-refractivity contribution in [2.24, 2.45) is 11.8 Å². The van der Waals surface area contributed by atoms with Crippen molar-refractivity contribution in [3.63, 3.8) is 0 Å². The molecule has 2 heterocycles. The van der Waals surface area contributed by atoms with E-state index in [1.807, 2.05) is 12.1 Å². The van der Waals surface area contributed by atoms with Crippen LogP contribution in [-0.4, -0.2) is 34.0 Å². The maximum Gasteiger partial charge on any atom is 0.234 e. The zero-order valence-electron chi connectivity index (χ0n) is 12.2. The van der Waals surface area contributed by atoms with Gasteiger partial charge in [0.2, 0.25) is 5.82 Å². The van der Waals surface area contributed by atoms with E-state index in [-0.39, 0.29) is 5.82 Å². The van der Waals surface area contributed by atoms with Gasteiger partial charge in [-0.15, -0.1) is 0 Å². The van der Waals surface area contributed by atoms with Crippen molar-refractivity contribution in [2.45, 2.75) is 12.6 Å². The van der Waals surface area contributed by atoms with Crippen LogP contribution in [0.4, 0.5) is 5.82 Å². The number of aromatic nitrogens is 2. The Labute approximate surface area is 129 Å². The largest absolute Gasteiger partial charge is 0.367 e. The van der Waals surface area contributed by atoms with E-state index in [4.69, 9.17) is 5.26 Å². The number of hydrogen-bond donors (Lipinski definition) is 1. The number of anilines is 1. The van der Waals surface area contributed by atoms with Crippen LogP contribution in [0.3, 0.4) is 0 Å².